The first-order chi connectivity index (χ1) is 50.2. The lowest BCUT2D eigenvalue weighted by molar-refractivity contribution is -0.145. The minimum Gasteiger partial charge on any atom is -0.444 e. The van der Waals surface area contributed by atoms with Gasteiger partial charge in [-0.05, 0) is 122 Å². The summed E-state index contributed by atoms with van der Waals surface area (Å²) in [7, 11) is 2.94. The van der Waals surface area contributed by atoms with Crippen molar-refractivity contribution >= 4 is 59.4 Å². The third-order valence-corrected chi connectivity index (χ3v) is 19.6. The van der Waals surface area contributed by atoms with Crippen LogP contribution in [0.4, 0.5) is 9.59 Å². The molecule has 574 valence electrons. The Hall–Kier alpha value is -9.06. The largest absolute Gasteiger partial charge is 0.444 e. The lowest BCUT2D eigenvalue weighted by Crippen LogP contribution is -2.59. The molecule has 8 rings (SSSR count). The van der Waals surface area contributed by atoms with Gasteiger partial charge in [0.15, 0.2) is 0 Å². The summed E-state index contributed by atoms with van der Waals surface area (Å²) >= 11 is 0. The van der Waals surface area contributed by atoms with Gasteiger partial charge in [-0.1, -0.05) is 110 Å². The summed E-state index contributed by atoms with van der Waals surface area (Å²) in [4.78, 5) is 145. The number of nitrogens with zero attached hydrogens (tertiary/aromatic N) is 7. The molecule has 0 radical (unpaired) electrons. The van der Waals surface area contributed by atoms with Crippen molar-refractivity contribution in [2.24, 2.45) is 11.8 Å². The first kappa shape index (κ1) is 81.6. The van der Waals surface area contributed by atoms with E-state index in [-0.39, 0.29) is 109 Å². The number of aromatic nitrogens is 3. The molecule has 0 saturated carbocycles. The number of ether oxygens (including phenoxy) is 5. The number of hydrogen-bond donors (Lipinski definition) is 7. The lowest BCUT2D eigenvalue weighted by Gasteiger charge is -2.34. The molecule has 105 heavy (non-hydrogen) atoms. The number of likely N-dealkylation sites (N-methyl/N-ethyl adjacent to an activating group) is 2. The van der Waals surface area contributed by atoms with E-state index in [0.29, 0.717) is 62.6 Å². The van der Waals surface area contributed by atoms with Crippen LogP contribution in [0.15, 0.2) is 97.2 Å². The van der Waals surface area contributed by atoms with Crippen LogP contribution in [0, 0.1) is 11.8 Å². The number of aliphatic hydroxyl groups is 1. The van der Waals surface area contributed by atoms with Crippen molar-refractivity contribution < 1.29 is 76.7 Å². The summed E-state index contributed by atoms with van der Waals surface area (Å²) in [5, 5.41) is 36.9. The summed E-state index contributed by atoms with van der Waals surface area (Å²) in [5.41, 5.74) is 1.20. The number of amides is 10. The normalized spacial score (nSPS) is 21.1. The maximum Gasteiger partial charge on any atom is 0.410 e. The predicted molar refractivity (Wildman–Crippen MR) is 387 cm³/mol. The van der Waals surface area contributed by atoms with E-state index in [1.807, 2.05) is 60.7 Å². The number of hydrogen-bond acceptors (Lipinski definition) is 18. The summed E-state index contributed by atoms with van der Waals surface area (Å²) in [5.74, 6) is -4.79. The van der Waals surface area contributed by atoms with Gasteiger partial charge in [-0.15, -0.1) is 5.10 Å². The minimum absolute atomic E-state index is 0.109. The number of aliphatic hydroxyl groups excluding tert-OH is 1. The molecule has 4 aliphatic rings. The van der Waals surface area contributed by atoms with Gasteiger partial charge in [0, 0.05) is 83.3 Å². The molecule has 11 atom stereocenters. The highest BCUT2D eigenvalue weighted by molar-refractivity contribution is 5.97. The van der Waals surface area contributed by atoms with E-state index in [4.69, 9.17) is 23.7 Å². The Morgan fingerprint density at radius 1 is 0.552 bits per heavy atom. The van der Waals surface area contributed by atoms with Crippen molar-refractivity contribution in [3.05, 3.63) is 120 Å². The Labute approximate surface area is 615 Å². The summed E-state index contributed by atoms with van der Waals surface area (Å²) in [6.07, 6.45) is 4.93. The van der Waals surface area contributed by atoms with E-state index >= 15 is 4.79 Å². The number of rotatable bonds is 34. The average Bonchev–Trinajstić information content (AvgIpc) is 1.65. The van der Waals surface area contributed by atoms with Crippen LogP contribution in [0.25, 0.3) is 0 Å². The summed E-state index contributed by atoms with van der Waals surface area (Å²) in [6, 6.07) is 19.8. The molecule has 3 aromatic carbocycles. The maximum atomic E-state index is 15.2. The van der Waals surface area contributed by atoms with Crippen LogP contribution in [0.2, 0.25) is 0 Å². The number of aryl methyl sites for hydroxylation is 1. The van der Waals surface area contributed by atoms with Crippen molar-refractivity contribution in [2.75, 3.05) is 73.4 Å². The molecule has 4 aromatic rings. The maximum absolute atomic E-state index is 15.2. The molecule has 29 heteroatoms. The van der Waals surface area contributed by atoms with Crippen LogP contribution in [-0.4, -0.2) is 232 Å². The lowest BCUT2D eigenvalue weighted by atomic mass is 9.92. The molecular formula is C76H109N13O16. The van der Waals surface area contributed by atoms with E-state index in [0.717, 1.165) is 11.1 Å². The molecule has 0 aliphatic carbocycles. The van der Waals surface area contributed by atoms with Crippen LogP contribution in [0.1, 0.15) is 160 Å². The molecule has 4 aliphatic heterocycles. The topological polar surface area (TPSA) is 353 Å². The first-order valence-corrected chi connectivity index (χ1v) is 36.9. The van der Waals surface area contributed by atoms with Crippen LogP contribution in [0.3, 0.4) is 0 Å². The third kappa shape index (κ3) is 23.0. The fourth-order valence-corrected chi connectivity index (χ4v) is 14.2. The van der Waals surface area contributed by atoms with Gasteiger partial charge in [0.25, 0.3) is 0 Å². The number of carbonyl (C=O) groups excluding carboxylic acids is 10. The standard InChI is InChI=1S/C76H109N13O16/c1-11-57(85(9)73(99)104-75(3,4)5)66(92)81-64-52(28-31-55-33-35-59(88(55)71(64)97)68(94)79-62(49-22-16-13-17-23-49)50-24-18-14-19-25-50)46-87-47-54(83-84-87)30-37-61(91)77-38-40-101-42-44-103-45-43-102-41-39-78-70(96)63(51-26-20-15-21-27-51)80-69(95)60-36-34-56-32-29-53(48-90)65(72(98)89(56)60)82-67(93)58(12-2)86(10)74(100)105-76(6,7)8/h13-27,47,52-53,55-60,62-65,90H,11-12,28-46,48H2,1-10H3,(H,77,91)(H,78,96)(H,79,94)(H,80,95)(H,81,92)(H,82,93)/t52-,53+,55-,56-,57-,58-,59?,60-,63-,64-,65-/m0/s1. The molecular weight excluding hydrogens is 1350 g/mol. The zero-order valence-electron chi connectivity index (χ0n) is 62.4. The highest BCUT2D eigenvalue weighted by Crippen LogP contribution is 2.37. The SMILES string of the molecule is CC[C@@H](C(=O)N[C@@H]1C(=O)N2C(C(=O)NC(c3ccccc3)c3ccccc3)CC[C@@H]2CC[C@H]1Cn1cc(CCC(=O)NCCOCCOCCOCCNC(=O)[C@@H](NC(=O)[C@@H]2CC[C@@H]3CC[C@H](CO)[C@H](NC(=O)[C@H](CC)N(C)C(=O)OC(C)(C)C)C(=O)N32)c2ccccc2)nn1)N(C)C(=O)OC(C)(C)C. The minimum atomic E-state index is -1.18. The molecule has 5 heterocycles. The molecule has 1 unspecified atom stereocenters. The summed E-state index contributed by atoms with van der Waals surface area (Å²) < 4.78 is 29.8. The van der Waals surface area contributed by atoms with Gasteiger partial charge < -0.3 is 70.5 Å². The Bertz CT molecular complexity index is 3500. The molecule has 1 aromatic heterocycles. The van der Waals surface area contributed by atoms with Gasteiger partial charge in [-0.25, -0.2) is 9.59 Å². The predicted octanol–water partition coefficient (Wildman–Crippen LogP) is 5.05. The Kier molecular flexibility index (Phi) is 30.2. The van der Waals surface area contributed by atoms with Gasteiger partial charge in [-0.2, -0.15) is 0 Å². The Morgan fingerprint density at radius 3 is 1.45 bits per heavy atom. The molecule has 7 N–H and O–H groups in total. The van der Waals surface area contributed by atoms with E-state index in [1.54, 1.807) is 102 Å². The second-order valence-electron chi connectivity index (χ2n) is 29.4. The van der Waals surface area contributed by atoms with E-state index in [2.05, 4.69) is 42.2 Å². The van der Waals surface area contributed by atoms with Gasteiger partial charge in [-0.3, -0.25) is 52.8 Å². The Morgan fingerprint density at radius 2 is 0.981 bits per heavy atom. The van der Waals surface area contributed by atoms with Gasteiger partial charge >= 0.3 is 12.2 Å². The van der Waals surface area contributed by atoms with E-state index in [9.17, 15) is 48.3 Å². The second kappa shape index (κ2) is 38.8. The first-order valence-electron chi connectivity index (χ1n) is 36.9. The zero-order chi connectivity index (χ0) is 76.0. The molecule has 29 nitrogen and oxygen atoms in total. The van der Waals surface area contributed by atoms with Crippen molar-refractivity contribution in [2.45, 2.75) is 211 Å². The number of nitrogens with one attached hydrogen (secondary N) is 6. The third-order valence-electron chi connectivity index (χ3n) is 19.6. The molecule has 4 saturated heterocycles. The molecule has 10 amide bonds. The Balaban J connectivity index is 0.749. The summed E-state index contributed by atoms with van der Waals surface area (Å²) in [6.45, 7) is 15.3. The molecule has 0 spiro atoms. The fourth-order valence-electron chi connectivity index (χ4n) is 14.2. The number of fused-ring (bicyclic) bond motifs is 2. The number of carbonyl (C=O) groups is 10. The van der Waals surface area contributed by atoms with E-state index < -0.39 is 126 Å². The van der Waals surface area contributed by atoms with Crippen LogP contribution >= 0.6 is 0 Å². The quantitative estimate of drug-likeness (QED) is 0.0301. The zero-order valence-corrected chi connectivity index (χ0v) is 62.4. The highest BCUT2D eigenvalue weighted by Gasteiger charge is 2.51. The average molecular weight is 1460 g/mol. The van der Waals surface area contributed by atoms with Crippen LogP contribution < -0.4 is 31.9 Å². The smallest absolute Gasteiger partial charge is 0.410 e. The van der Waals surface area contributed by atoms with Crippen LogP contribution in [-0.2, 0) is 75.0 Å². The van der Waals surface area contributed by atoms with Gasteiger partial charge in [0.1, 0.15) is 53.5 Å². The van der Waals surface area contributed by atoms with Crippen LogP contribution in [0.5, 0.6) is 0 Å². The van der Waals surface area contributed by atoms with Crippen molar-refractivity contribution in [1.82, 2.24) is 66.5 Å². The highest BCUT2D eigenvalue weighted by atomic mass is 16.6. The fraction of sp³-hybridized carbons (Fsp3) is 0.605. The van der Waals surface area contributed by atoms with Gasteiger partial charge in [0.2, 0.25) is 47.3 Å². The number of benzene rings is 3. The van der Waals surface area contributed by atoms with Crippen molar-refractivity contribution in [3.8, 4) is 0 Å². The second-order valence-corrected chi connectivity index (χ2v) is 29.4. The van der Waals surface area contributed by atoms with Crippen molar-refractivity contribution in [3.63, 3.8) is 0 Å². The molecule has 4 fully saturated rings. The monoisotopic (exact) mass is 1460 g/mol. The van der Waals surface area contributed by atoms with Gasteiger partial charge in [0.05, 0.1) is 51.4 Å². The van der Waals surface area contributed by atoms with Crippen molar-refractivity contribution in [1.29, 1.82) is 0 Å². The molecule has 0 bridgehead atoms. The van der Waals surface area contributed by atoms with E-state index in [1.165, 1.54) is 28.8 Å².